The van der Waals surface area contributed by atoms with Crippen LogP contribution in [-0.2, 0) is 9.59 Å². The SMILES string of the molecule is CCN1CCN(c2ccc(NC(=O)C(NC(=O)CC(C)C)c3ccccc3)c(C)c2)CC1. The number of rotatable bonds is 8. The van der Waals surface area contributed by atoms with E-state index in [1.165, 1.54) is 5.69 Å². The Hall–Kier alpha value is -2.86. The highest BCUT2D eigenvalue weighted by atomic mass is 16.2. The second-order valence-electron chi connectivity index (χ2n) is 8.92. The van der Waals surface area contributed by atoms with Gasteiger partial charge in [-0.1, -0.05) is 51.1 Å². The molecule has 0 spiro atoms. The molecule has 6 nitrogen and oxygen atoms in total. The molecule has 2 aromatic carbocycles. The highest BCUT2D eigenvalue weighted by Crippen LogP contribution is 2.25. The van der Waals surface area contributed by atoms with Crippen LogP contribution in [0.25, 0.3) is 0 Å². The Kier molecular flexibility index (Phi) is 8.28. The number of carbonyl (C=O) groups excluding carboxylic acids is 2. The van der Waals surface area contributed by atoms with Gasteiger partial charge in [-0.3, -0.25) is 9.59 Å². The molecule has 2 aromatic rings. The van der Waals surface area contributed by atoms with Gasteiger partial charge in [0, 0.05) is 44.0 Å². The Labute approximate surface area is 192 Å². The Balaban J connectivity index is 1.72. The molecular weight excluding hydrogens is 400 g/mol. The molecular formula is C26H36N4O2. The van der Waals surface area contributed by atoms with Gasteiger partial charge in [0.05, 0.1) is 0 Å². The van der Waals surface area contributed by atoms with Crippen molar-refractivity contribution in [2.75, 3.05) is 42.9 Å². The van der Waals surface area contributed by atoms with Gasteiger partial charge in [0.25, 0.3) is 5.91 Å². The summed E-state index contributed by atoms with van der Waals surface area (Å²) < 4.78 is 0. The molecule has 1 aliphatic rings. The monoisotopic (exact) mass is 436 g/mol. The zero-order chi connectivity index (χ0) is 23.1. The number of aryl methyl sites for hydroxylation is 1. The molecule has 2 amide bonds. The first kappa shape index (κ1) is 23.8. The zero-order valence-corrected chi connectivity index (χ0v) is 19.7. The highest BCUT2D eigenvalue weighted by Gasteiger charge is 2.24. The second kappa shape index (κ2) is 11.1. The standard InChI is InChI=1S/C26H36N4O2/c1-5-29-13-15-30(16-14-29)22-11-12-23(20(4)18-22)27-26(32)25(21-9-7-6-8-10-21)28-24(31)17-19(2)3/h6-12,18-19,25H,5,13-17H2,1-4H3,(H,27,32)(H,28,31). The predicted molar refractivity (Wildman–Crippen MR) is 131 cm³/mol. The van der Waals surface area contributed by atoms with Gasteiger partial charge in [-0.05, 0) is 48.7 Å². The lowest BCUT2D eigenvalue weighted by Crippen LogP contribution is -2.46. The average molecular weight is 437 g/mol. The summed E-state index contributed by atoms with van der Waals surface area (Å²) in [6, 6.07) is 14.8. The molecule has 1 unspecified atom stereocenters. The van der Waals surface area contributed by atoms with Crippen LogP contribution < -0.4 is 15.5 Å². The fraction of sp³-hybridized carbons (Fsp3) is 0.462. The van der Waals surface area contributed by atoms with Gasteiger partial charge in [0.2, 0.25) is 5.91 Å². The molecule has 2 N–H and O–H groups in total. The van der Waals surface area contributed by atoms with Crippen molar-refractivity contribution in [1.29, 1.82) is 0 Å². The number of benzene rings is 2. The zero-order valence-electron chi connectivity index (χ0n) is 19.7. The summed E-state index contributed by atoms with van der Waals surface area (Å²) in [6.45, 7) is 13.4. The smallest absolute Gasteiger partial charge is 0.251 e. The Morgan fingerprint density at radius 1 is 1.00 bits per heavy atom. The van der Waals surface area contributed by atoms with Crippen molar-refractivity contribution in [2.45, 2.75) is 40.2 Å². The van der Waals surface area contributed by atoms with Crippen LogP contribution in [-0.4, -0.2) is 49.4 Å². The quantitative estimate of drug-likeness (QED) is 0.657. The summed E-state index contributed by atoms with van der Waals surface area (Å²) in [5.41, 5.74) is 3.73. The number of hydrogen-bond donors (Lipinski definition) is 2. The topological polar surface area (TPSA) is 64.7 Å². The largest absolute Gasteiger partial charge is 0.369 e. The Morgan fingerprint density at radius 2 is 1.69 bits per heavy atom. The van der Waals surface area contributed by atoms with Gasteiger partial charge in [0.15, 0.2) is 0 Å². The minimum absolute atomic E-state index is 0.123. The van der Waals surface area contributed by atoms with E-state index < -0.39 is 6.04 Å². The number of piperazine rings is 1. The predicted octanol–water partition coefficient (Wildman–Crippen LogP) is 3.98. The van der Waals surface area contributed by atoms with Crippen molar-refractivity contribution in [3.05, 3.63) is 59.7 Å². The normalized spacial score (nSPS) is 15.5. The van der Waals surface area contributed by atoms with Gasteiger partial charge in [0.1, 0.15) is 6.04 Å². The van der Waals surface area contributed by atoms with E-state index in [0.29, 0.717) is 6.42 Å². The fourth-order valence-electron chi connectivity index (χ4n) is 4.05. The molecule has 0 radical (unpaired) electrons. The molecule has 172 valence electrons. The number of amides is 2. The molecule has 1 saturated heterocycles. The lowest BCUT2D eigenvalue weighted by Gasteiger charge is -2.35. The molecule has 1 atom stereocenters. The van der Waals surface area contributed by atoms with Crippen molar-refractivity contribution in [3.8, 4) is 0 Å². The van der Waals surface area contributed by atoms with E-state index in [1.54, 1.807) is 0 Å². The van der Waals surface area contributed by atoms with Crippen molar-refractivity contribution in [1.82, 2.24) is 10.2 Å². The summed E-state index contributed by atoms with van der Waals surface area (Å²) in [7, 11) is 0. The maximum absolute atomic E-state index is 13.2. The number of carbonyl (C=O) groups is 2. The molecule has 1 aliphatic heterocycles. The van der Waals surface area contributed by atoms with Crippen LogP contribution in [0.3, 0.4) is 0 Å². The van der Waals surface area contributed by atoms with Crippen LogP contribution in [0.4, 0.5) is 11.4 Å². The Bertz CT molecular complexity index is 905. The summed E-state index contributed by atoms with van der Waals surface area (Å²) in [5, 5.41) is 5.95. The average Bonchev–Trinajstić information content (AvgIpc) is 2.79. The van der Waals surface area contributed by atoms with Crippen LogP contribution in [0.1, 0.15) is 44.4 Å². The molecule has 0 aliphatic carbocycles. The molecule has 0 aromatic heterocycles. The lowest BCUT2D eigenvalue weighted by molar-refractivity contribution is -0.127. The summed E-state index contributed by atoms with van der Waals surface area (Å²) in [6.07, 6.45) is 0.385. The molecule has 32 heavy (non-hydrogen) atoms. The van der Waals surface area contributed by atoms with E-state index in [-0.39, 0.29) is 17.7 Å². The molecule has 6 heteroatoms. The van der Waals surface area contributed by atoms with Crippen molar-refractivity contribution >= 4 is 23.2 Å². The maximum Gasteiger partial charge on any atom is 0.251 e. The van der Waals surface area contributed by atoms with E-state index in [4.69, 9.17) is 0 Å². The number of nitrogens with one attached hydrogen (secondary N) is 2. The summed E-state index contributed by atoms with van der Waals surface area (Å²) >= 11 is 0. The molecule has 1 fully saturated rings. The van der Waals surface area contributed by atoms with E-state index in [2.05, 4.69) is 39.5 Å². The third-order valence-electron chi connectivity index (χ3n) is 5.95. The molecule has 0 bridgehead atoms. The third kappa shape index (κ3) is 6.33. The first-order chi connectivity index (χ1) is 15.4. The number of nitrogens with zero attached hydrogens (tertiary/aromatic N) is 2. The van der Waals surface area contributed by atoms with Gasteiger partial charge >= 0.3 is 0 Å². The Morgan fingerprint density at radius 3 is 2.28 bits per heavy atom. The summed E-state index contributed by atoms with van der Waals surface area (Å²) in [4.78, 5) is 30.5. The van der Waals surface area contributed by atoms with Crippen molar-refractivity contribution < 1.29 is 9.59 Å². The van der Waals surface area contributed by atoms with Gasteiger partial charge in [-0.25, -0.2) is 0 Å². The van der Waals surface area contributed by atoms with Crippen molar-refractivity contribution in [2.24, 2.45) is 5.92 Å². The summed E-state index contributed by atoms with van der Waals surface area (Å²) in [5.74, 6) is -0.133. The minimum atomic E-state index is -0.733. The highest BCUT2D eigenvalue weighted by molar-refractivity contribution is 5.98. The van der Waals surface area contributed by atoms with Crippen LogP contribution in [0, 0.1) is 12.8 Å². The van der Waals surface area contributed by atoms with E-state index >= 15 is 0 Å². The van der Waals surface area contributed by atoms with Crippen LogP contribution >= 0.6 is 0 Å². The minimum Gasteiger partial charge on any atom is -0.369 e. The van der Waals surface area contributed by atoms with Crippen LogP contribution in [0.2, 0.25) is 0 Å². The van der Waals surface area contributed by atoms with Crippen LogP contribution in [0.5, 0.6) is 0 Å². The molecule has 3 rings (SSSR count). The van der Waals surface area contributed by atoms with Gasteiger partial charge in [-0.15, -0.1) is 0 Å². The molecule has 0 saturated carbocycles. The maximum atomic E-state index is 13.2. The van der Waals surface area contributed by atoms with Gasteiger partial charge < -0.3 is 20.4 Å². The fourth-order valence-corrected chi connectivity index (χ4v) is 4.05. The molecule has 1 heterocycles. The van der Waals surface area contributed by atoms with E-state index in [9.17, 15) is 9.59 Å². The van der Waals surface area contributed by atoms with Crippen LogP contribution in [0.15, 0.2) is 48.5 Å². The second-order valence-corrected chi connectivity index (χ2v) is 8.92. The first-order valence-electron chi connectivity index (χ1n) is 11.6. The van der Waals surface area contributed by atoms with E-state index in [0.717, 1.165) is 49.5 Å². The third-order valence-corrected chi connectivity index (χ3v) is 5.95. The lowest BCUT2D eigenvalue weighted by atomic mass is 10.0. The van der Waals surface area contributed by atoms with Gasteiger partial charge in [-0.2, -0.15) is 0 Å². The van der Waals surface area contributed by atoms with Crippen molar-refractivity contribution in [3.63, 3.8) is 0 Å². The number of hydrogen-bond acceptors (Lipinski definition) is 4. The van der Waals surface area contributed by atoms with E-state index in [1.807, 2.05) is 57.2 Å². The number of likely N-dealkylation sites (N-methyl/N-ethyl adjacent to an activating group) is 1. The number of anilines is 2. The first-order valence-corrected chi connectivity index (χ1v) is 11.6.